The number of ether oxygens (including phenoxy) is 2. The molecular formula is C71H112NO8P. The van der Waals surface area contributed by atoms with Gasteiger partial charge < -0.3 is 20.1 Å². The maximum absolute atomic E-state index is 12.7. The molecule has 0 radical (unpaired) electrons. The van der Waals surface area contributed by atoms with Crippen LogP contribution in [0.4, 0.5) is 0 Å². The van der Waals surface area contributed by atoms with Gasteiger partial charge in [0.25, 0.3) is 0 Å². The van der Waals surface area contributed by atoms with Crippen molar-refractivity contribution in [1.29, 1.82) is 0 Å². The molecule has 454 valence electrons. The number of carbonyl (C=O) groups excluding carboxylic acids is 2. The Hall–Kier alpha value is -4.89. The van der Waals surface area contributed by atoms with E-state index in [2.05, 4.69) is 196 Å². The number of hydrogen-bond donors (Lipinski definition) is 2. The van der Waals surface area contributed by atoms with Crippen LogP contribution in [0.3, 0.4) is 0 Å². The Morgan fingerprint density at radius 3 is 0.963 bits per heavy atom. The first-order chi connectivity index (χ1) is 39.8. The van der Waals surface area contributed by atoms with Crippen LogP contribution in [-0.2, 0) is 32.7 Å². The highest BCUT2D eigenvalue weighted by atomic mass is 31.2. The SMILES string of the molecule is CC/C=C\C/C=C\C/C=C\C/C=C\C/C=C\C/C=C\C/C=C\C/C=C\CCCCCCCCCCCCC(=O)OC(COC(=O)CCCCC/C=C\C/C=C\C/C=C\C/C=C\C/C=C\C/C=C\C/C=C\CC)COP(=O)(O)OCCN. The fourth-order valence-electron chi connectivity index (χ4n) is 7.75. The van der Waals surface area contributed by atoms with Crippen molar-refractivity contribution in [3.8, 4) is 0 Å². The summed E-state index contributed by atoms with van der Waals surface area (Å²) in [6.45, 7) is 3.45. The van der Waals surface area contributed by atoms with Crippen LogP contribution >= 0.6 is 7.82 Å². The molecule has 0 fully saturated rings. The molecule has 0 bridgehead atoms. The van der Waals surface area contributed by atoms with Gasteiger partial charge in [-0.1, -0.05) is 254 Å². The second-order valence-electron chi connectivity index (χ2n) is 19.8. The lowest BCUT2D eigenvalue weighted by Gasteiger charge is -2.19. The van der Waals surface area contributed by atoms with Gasteiger partial charge in [0, 0.05) is 19.4 Å². The molecule has 0 aromatic rings. The summed E-state index contributed by atoms with van der Waals surface area (Å²) in [5.74, 6) is -0.886. The molecule has 3 N–H and O–H groups in total. The minimum Gasteiger partial charge on any atom is -0.462 e. The first kappa shape index (κ1) is 76.1. The molecule has 0 aromatic carbocycles. The van der Waals surface area contributed by atoms with Crippen molar-refractivity contribution in [1.82, 2.24) is 0 Å². The number of phosphoric acid groups is 1. The molecule has 0 aliphatic heterocycles. The monoisotopic (exact) mass is 1140 g/mol. The molecule has 0 amide bonds. The lowest BCUT2D eigenvalue weighted by atomic mass is 10.0. The number of rotatable bonds is 56. The predicted octanol–water partition coefficient (Wildman–Crippen LogP) is 20.4. The number of phosphoric ester groups is 1. The van der Waals surface area contributed by atoms with Crippen LogP contribution < -0.4 is 5.73 Å². The third kappa shape index (κ3) is 64.1. The molecule has 0 aromatic heterocycles. The van der Waals surface area contributed by atoms with Gasteiger partial charge in [-0.25, -0.2) is 4.57 Å². The normalized spacial score (nSPS) is 14.3. The summed E-state index contributed by atoms with van der Waals surface area (Å²) in [7, 11) is -4.41. The molecule has 0 spiro atoms. The van der Waals surface area contributed by atoms with Crippen LogP contribution in [0.2, 0.25) is 0 Å². The number of carbonyl (C=O) groups is 2. The van der Waals surface area contributed by atoms with Crippen molar-refractivity contribution in [3.63, 3.8) is 0 Å². The number of unbranched alkanes of at least 4 members (excludes halogenated alkanes) is 13. The van der Waals surface area contributed by atoms with Gasteiger partial charge in [0.05, 0.1) is 13.2 Å². The van der Waals surface area contributed by atoms with Gasteiger partial charge in [0.1, 0.15) is 6.61 Å². The topological polar surface area (TPSA) is 134 Å². The fraction of sp³-hybridized carbons (Fsp3) is 0.549. The molecule has 0 rings (SSSR count). The van der Waals surface area contributed by atoms with Gasteiger partial charge in [0.2, 0.25) is 0 Å². The summed E-state index contributed by atoms with van der Waals surface area (Å²) in [6.07, 6.45) is 96.6. The third-order valence-corrected chi connectivity index (χ3v) is 13.3. The standard InChI is InChI=1S/C71H112NO8P/c1-3-5-7-9-11-13-15-17-19-21-23-25-27-29-30-31-32-33-34-35-36-37-38-40-42-44-46-48-50-52-54-56-58-60-62-64-71(74)80-69(68-79-81(75,76)78-66-65-72)67-77-70(73)63-61-59-57-55-53-51-49-47-45-43-41-39-28-26-24-22-20-18-16-14-12-10-8-6-4-2/h5-8,11-14,17-20,23-26,29-30,32-33,35-36,38-41,45,47,51,53,69H,3-4,9-10,15-16,21-22,27-28,31,34,37,42-44,46,48-50,52,54-68,72H2,1-2H3,(H,75,76)/b7-5-,8-6-,13-11-,14-12-,19-17-,20-18-,25-23-,26-24-,30-29-,33-32-,36-35-,40-38-,41-39-,47-45-,53-51-. The Balaban J connectivity index is 4.08. The van der Waals surface area contributed by atoms with Gasteiger partial charge in [0.15, 0.2) is 6.10 Å². The maximum atomic E-state index is 12.7. The molecule has 81 heavy (non-hydrogen) atoms. The summed E-state index contributed by atoms with van der Waals surface area (Å²) in [5, 5.41) is 0. The Kier molecular flexibility index (Phi) is 60.4. The van der Waals surface area contributed by atoms with E-state index in [0.29, 0.717) is 12.8 Å². The smallest absolute Gasteiger partial charge is 0.462 e. The number of hydrogen-bond acceptors (Lipinski definition) is 8. The van der Waals surface area contributed by atoms with E-state index >= 15 is 0 Å². The van der Waals surface area contributed by atoms with Crippen molar-refractivity contribution in [3.05, 3.63) is 182 Å². The summed E-state index contributed by atoms with van der Waals surface area (Å²) < 4.78 is 33.0. The molecule has 0 aliphatic rings. The minimum absolute atomic E-state index is 0.0375. The van der Waals surface area contributed by atoms with Crippen molar-refractivity contribution < 1.29 is 37.6 Å². The lowest BCUT2D eigenvalue weighted by Crippen LogP contribution is -2.29. The van der Waals surface area contributed by atoms with E-state index in [1.165, 1.54) is 38.5 Å². The highest BCUT2D eigenvalue weighted by molar-refractivity contribution is 7.47. The van der Waals surface area contributed by atoms with E-state index in [1.807, 2.05) is 0 Å². The second-order valence-corrected chi connectivity index (χ2v) is 21.3. The summed E-state index contributed by atoms with van der Waals surface area (Å²) in [6, 6.07) is 0. The zero-order valence-electron chi connectivity index (χ0n) is 50.7. The van der Waals surface area contributed by atoms with Crippen LogP contribution in [0.1, 0.15) is 219 Å². The van der Waals surface area contributed by atoms with Gasteiger partial charge >= 0.3 is 19.8 Å². The van der Waals surface area contributed by atoms with Gasteiger partial charge in [-0.3, -0.25) is 18.6 Å². The maximum Gasteiger partial charge on any atom is 0.472 e. The largest absolute Gasteiger partial charge is 0.472 e. The average molecular weight is 1140 g/mol. The molecule has 2 unspecified atom stereocenters. The van der Waals surface area contributed by atoms with Crippen molar-refractivity contribution in [2.24, 2.45) is 5.73 Å². The second kappa shape index (κ2) is 64.3. The summed E-state index contributed by atoms with van der Waals surface area (Å²) >= 11 is 0. The van der Waals surface area contributed by atoms with E-state index in [1.54, 1.807) is 0 Å². The van der Waals surface area contributed by atoms with Crippen molar-refractivity contribution >= 4 is 19.8 Å². The van der Waals surface area contributed by atoms with Crippen molar-refractivity contribution in [2.75, 3.05) is 26.4 Å². The van der Waals surface area contributed by atoms with Gasteiger partial charge in [-0.2, -0.15) is 0 Å². The first-order valence-corrected chi connectivity index (χ1v) is 32.8. The average Bonchev–Trinajstić information content (AvgIpc) is 3.46. The van der Waals surface area contributed by atoms with E-state index in [4.69, 9.17) is 24.3 Å². The molecular weight excluding hydrogens is 1030 g/mol. The fourth-order valence-corrected chi connectivity index (χ4v) is 8.51. The van der Waals surface area contributed by atoms with Crippen LogP contribution in [0.15, 0.2) is 182 Å². The van der Waals surface area contributed by atoms with Crippen molar-refractivity contribution in [2.45, 2.75) is 225 Å². The molecule has 0 saturated heterocycles. The van der Waals surface area contributed by atoms with Gasteiger partial charge in [-0.15, -0.1) is 0 Å². The molecule has 0 saturated carbocycles. The highest BCUT2D eigenvalue weighted by Gasteiger charge is 2.26. The molecule has 9 nitrogen and oxygen atoms in total. The van der Waals surface area contributed by atoms with Crippen LogP contribution in [0.5, 0.6) is 0 Å². The Labute approximate surface area is 494 Å². The Morgan fingerprint density at radius 2 is 0.642 bits per heavy atom. The zero-order chi connectivity index (χ0) is 58.7. The third-order valence-electron chi connectivity index (χ3n) is 12.3. The predicted molar refractivity (Wildman–Crippen MR) is 348 cm³/mol. The lowest BCUT2D eigenvalue weighted by molar-refractivity contribution is -0.161. The van der Waals surface area contributed by atoms with Crippen LogP contribution in [0, 0.1) is 0 Å². The van der Waals surface area contributed by atoms with E-state index in [9.17, 15) is 19.0 Å². The van der Waals surface area contributed by atoms with Gasteiger partial charge in [-0.05, 0) is 135 Å². The van der Waals surface area contributed by atoms with E-state index in [-0.39, 0.29) is 32.6 Å². The van der Waals surface area contributed by atoms with Crippen LogP contribution in [0.25, 0.3) is 0 Å². The Bertz CT molecular complexity index is 1980. The highest BCUT2D eigenvalue weighted by Crippen LogP contribution is 2.43. The number of esters is 2. The molecule has 10 heteroatoms. The summed E-state index contributed by atoms with van der Waals surface area (Å²) in [4.78, 5) is 35.3. The Morgan fingerprint density at radius 1 is 0.370 bits per heavy atom. The van der Waals surface area contributed by atoms with E-state index in [0.717, 1.165) is 141 Å². The molecule has 2 atom stereocenters. The number of allylic oxidation sites excluding steroid dienone is 30. The zero-order valence-corrected chi connectivity index (χ0v) is 51.6. The van der Waals surface area contributed by atoms with Crippen LogP contribution in [-0.4, -0.2) is 49.3 Å². The first-order valence-electron chi connectivity index (χ1n) is 31.3. The van der Waals surface area contributed by atoms with E-state index < -0.39 is 32.5 Å². The minimum atomic E-state index is -4.41. The molecule has 0 heterocycles. The summed E-state index contributed by atoms with van der Waals surface area (Å²) in [5.41, 5.74) is 5.39. The quantitative estimate of drug-likeness (QED) is 0.0264. The molecule has 0 aliphatic carbocycles. The number of nitrogens with two attached hydrogens (primary N) is 1.